The second-order valence-corrected chi connectivity index (χ2v) is 2.83. The van der Waals surface area contributed by atoms with Crippen LogP contribution in [0.2, 0.25) is 0 Å². The van der Waals surface area contributed by atoms with Gasteiger partial charge in [-0.15, -0.1) is 0 Å². The third kappa shape index (κ3) is 4.64. The number of hydrogen-bond donors (Lipinski definition) is 0. The number of nitrogens with zero attached hydrogens (tertiary/aromatic N) is 2. The predicted molar refractivity (Wildman–Crippen MR) is 54.3 cm³/mol. The maximum absolute atomic E-state index is 8.82. The molecule has 0 N–H and O–H groups in total. The van der Waals surface area contributed by atoms with Crippen LogP contribution in [0.5, 0.6) is 0 Å². The summed E-state index contributed by atoms with van der Waals surface area (Å²) in [6.07, 6.45) is 2.09. The average Bonchev–Trinajstić information content (AvgIpc) is 2.23. The van der Waals surface area contributed by atoms with Crippen molar-refractivity contribution in [3.63, 3.8) is 0 Å². The molecule has 3 heteroatoms. The number of rotatable bonds is 6. The minimum absolute atomic E-state index is 0.601. The van der Waals surface area contributed by atoms with Gasteiger partial charge in [-0.1, -0.05) is 6.92 Å². The van der Waals surface area contributed by atoms with Crippen LogP contribution in [0.3, 0.4) is 0 Å². The van der Waals surface area contributed by atoms with E-state index in [2.05, 4.69) is 12.1 Å². The van der Waals surface area contributed by atoms with E-state index in [0.717, 1.165) is 6.42 Å². The molecule has 0 radical (unpaired) electrons. The summed E-state index contributed by atoms with van der Waals surface area (Å²) >= 11 is 0. The highest BCUT2D eigenvalue weighted by Crippen LogP contribution is 2.12. The van der Waals surface area contributed by atoms with Crippen molar-refractivity contribution in [3.8, 4) is 12.1 Å². The van der Waals surface area contributed by atoms with E-state index in [1.165, 1.54) is 0 Å². The van der Waals surface area contributed by atoms with Gasteiger partial charge in [0.15, 0.2) is 0 Å². The standard InChI is InChI=1S/C11H16N2O/c1-3-10(8-12)11(9-13)6-5-7-14-4-2/h3-7H2,1-2H3/b11-10-. The van der Waals surface area contributed by atoms with E-state index in [-0.39, 0.29) is 0 Å². The number of allylic oxidation sites excluding steroid dienone is 2. The second-order valence-electron chi connectivity index (χ2n) is 2.83. The monoisotopic (exact) mass is 192 g/mol. The summed E-state index contributed by atoms with van der Waals surface area (Å²) < 4.78 is 5.16. The molecule has 0 saturated carbocycles. The first-order chi connectivity index (χ1) is 6.79. The summed E-state index contributed by atoms with van der Waals surface area (Å²) in [7, 11) is 0. The quantitative estimate of drug-likeness (QED) is 0.480. The Morgan fingerprint density at radius 3 is 2.21 bits per heavy atom. The molecule has 0 aromatic heterocycles. The van der Waals surface area contributed by atoms with Crippen molar-refractivity contribution in [1.82, 2.24) is 0 Å². The largest absolute Gasteiger partial charge is 0.382 e. The van der Waals surface area contributed by atoms with Crippen molar-refractivity contribution in [2.75, 3.05) is 13.2 Å². The minimum Gasteiger partial charge on any atom is -0.382 e. The Labute approximate surface area is 85.6 Å². The van der Waals surface area contributed by atoms with Crippen LogP contribution in [0.1, 0.15) is 33.1 Å². The molecular weight excluding hydrogens is 176 g/mol. The van der Waals surface area contributed by atoms with Gasteiger partial charge in [-0.25, -0.2) is 0 Å². The lowest BCUT2D eigenvalue weighted by Gasteiger charge is -2.01. The molecule has 0 saturated heterocycles. The van der Waals surface area contributed by atoms with Crippen LogP contribution in [-0.4, -0.2) is 13.2 Å². The van der Waals surface area contributed by atoms with Crippen molar-refractivity contribution in [1.29, 1.82) is 10.5 Å². The lowest BCUT2D eigenvalue weighted by Crippen LogP contribution is -1.95. The molecule has 0 fully saturated rings. The molecule has 0 aliphatic rings. The summed E-state index contributed by atoms with van der Waals surface area (Å²) in [6.45, 7) is 5.18. The topological polar surface area (TPSA) is 56.8 Å². The predicted octanol–water partition coefficient (Wildman–Crippen LogP) is 2.56. The fraction of sp³-hybridized carbons (Fsp3) is 0.636. The molecule has 14 heavy (non-hydrogen) atoms. The number of nitriles is 2. The smallest absolute Gasteiger partial charge is 0.0957 e. The van der Waals surface area contributed by atoms with E-state index in [9.17, 15) is 0 Å². The highest BCUT2D eigenvalue weighted by molar-refractivity contribution is 5.36. The van der Waals surface area contributed by atoms with Gasteiger partial charge in [0.1, 0.15) is 0 Å². The van der Waals surface area contributed by atoms with Crippen molar-refractivity contribution < 1.29 is 4.74 Å². The van der Waals surface area contributed by atoms with Gasteiger partial charge in [-0.05, 0) is 26.2 Å². The van der Waals surface area contributed by atoms with Crippen molar-refractivity contribution in [2.45, 2.75) is 33.1 Å². The maximum atomic E-state index is 8.82. The SMILES string of the molecule is CCOCCC/C(C#N)=C(/C#N)CC. The molecule has 0 spiro atoms. The molecule has 0 bridgehead atoms. The maximum Gasteiger partial charge on any atom is 0.0957 e. The summed E-state index contributed by atoms with van der Waals surface area (Å²) in [5.41, 5.74) is 1.21. The highest BCUT2D eigenvalue weighted by atomic mass is 16.5. The molecule has 0 aromatic rings. The molecular formula is C11H16N2O. The summed E-state index contributed by atoms with van der Waals surface area (Å²) in [4.78, 5) is 0. The van der Waals surface area contributed by atoms with E-state index in [0.29, 0.717) is 37.2 Å². The van der Waals surface area contributed by atoms with Crippen LogP contribution >= 0.6 is 0 Å². The van der Waals surface area contributed by atoms with Crippen LogP contribution in [0.25, 0.3) is 0 Å². The van der Waals surface area contributed by atoms with Gasteiger partial charge < -0.3 is 4.74 Å². The van der Waals surface area contributed by atoms with Crippen LogP contribution in [-0.2, 0) is 4.74 Å². The third-order valence-corrected chi connectivity index (χ3v) is 1.91. The van der Waals surface area contributed by atoms with Crippen molar-refractivity contribution >= 4 is 0 Å². The zero-order valence-electron chi connectivity index (χ0n) is 8.84. The summed E-state index contributed by atoms with van der Waals surface area (Å²) in [5, 5.41) is 17.6. The van der Waals surface area contributed by atoms with E-state index in [4.69, 9.17) is 15.3 Å². The average molecular weight is 192 g/mol. The molecule has 76 valence electrons. The van der Waals surface area contributed by atoms with E-state index < -0.39 is 0 Å². The molecule has 0 aromatic carbocycles. The number of hydrogen-bond acceptors (Lipinski definition) is 3. The molecule has 3 nitrogen and oxygen atoms in total. The first-order valence-corrected chi connectivity index (χ1v) is 4.90. The zero-order valence-corrected chi connectivity index (χ0v) is 8.84. The van der Waals surface area contributed by atoms with Gasteiger partial charge in [-0.2, -0.15) is 10.5 Å². The fourth-order valence-electron chi connectivity index (χ4n) is 1.13. The molecule has 0 atom stereocenters. The van der Waals surface area contributed by atoms with Gasteiger partial charge in [0.25, 0.3) is 0 Å². The van der Waals surface area contributed by atoms with Crippen LogP contribution in [0, 0.1) is 22.7 Å². The fourth-order valence-corrected chi connectivity index (χ4v) is 1.13. The Morgan fingerprint density at radius 1 is 1.14 bits per heavy atom. The van der Waals surface area contributed by atoms with E-state index in [1.54, 1.807) is 0 Å². The molecule has 0 aliphatic carbocycles. The molecule has 0 aliphatic heterocycles. The normalized spacial score (nSPS) is 11.4. The Morgan fingerprint density at radius 2 is 1.79 bits per heavy atom. The van der Waals surface area contributed by atoms with Gasteiger partial charge in [0, 0.05) is 24.4 Å². The Hall–Kier alpha value is -1.32. The lowest BCUT2D eigenvalue weighted by molar-refractivity contribution is 0.145. The molecule has 0 heterocycles. The first kappa shape index (κ1) is 12.7. The van der Waals surface area contributed by atoms with E-state index in [1.807, 2.05) is 13.8 Å². The molecule has 0 rings (SSSR count). The van der Waals surface area contributed by atoms with Gasteiger partial charge in [-0.3, -0.25) is 0 Å². The molecule has 0 unspecified atom stereocenters. The Bertz CT molecular complexity index is 268. The van der Waals surface area contributed by atoms with Gasteiger partial charge in [0.05, 0.1) is 12.1 Å². The minimum atomic E-state index is 0.601. The van der Waals surface area contributed by atoms with Crippen LogP contribution < -0.4 is 0 Å². The van der Waals surface area contributed by atoms with Crippen molar-refractivity contribution in [3.05, 3.63) is 11.1 Å². The molecule has 0 amide bonds. The lowest BCUT2D eigenvalue weighted by atomic mass is 10.0. The van der Waals surface area contributed by atoms with E-state index >= 15 is 0 Å². The first-order valence-electron chi connectivity index (χ1n) is 4.90. The Balaban J connectivity index is 4.11. The Kier molecular flexibility index (Phi) is 7.50. The zero-order chi connectivity index (χ0) is 10.8. The van der Waals surface area contributed by atoms with Crippen molar-refractivity contribution in [2.24, 2.45) is 0 Å². The summed E-state index contributed by atoms with van der Waals surface area (Å²) in [5.74, 6) is 0. The van der Waals surface area contributed by atoms with Crippen LogP contribution in [0.15, 0.2) is 11.1 Å². The van der Waals surface area contributed by atoms with Gasteiger partial charge >= 0.3 is 0 Å². The highest BCUT2D eigenvalue weighted by Gasteiger charge is 2.03. The summed E-state index contributed by atoms with van der Waals surface area (Å²) in [6, 6.07) is 4.14. The number of ether oxygens (including phenoxy) is 1. The van der Waals surface area contributed by atoms with Crippen LogP contribution in [0.4, 0.5) is 0 Å². The third-order valence-electron chi connectivity index (χ3n) is 1.91. The van der Waals surface area contributed by atoms with Gasteiger partial charge in [0.2, 0.25) is 0 Å². The second kappa shape index (κ2) is 8.29.